The highest BCUT2D eigenvalue weighted by molar-refractivity contribution is 7.07. The highest BCUT2D eigenvalue weighted by atomic mass is 32.1. The lowest BCUT2D eigenvalue weighted by Crippen LogP contribution is -1.98. The van der Waals surface area contributed by atoms with Crippen LogP contribution in [0.2, 0.25) is 0 Å². The van der Waals surface area contributed by atoms with Crippen LogP contribution < -0.4 is 0 Å². The number of rotatable bonds is 6. The van der Waals surface area contributed by atoms with E-state index in [2.05, 4.69) is 11.9 Å². The number of nitrogens with zero attached hydrogens (tertiary/aromatic N) is 1. The Morgan fingerprint density at radius 2 is 2.31 bits per heavy atom. The molecule has 0 aromatic carbocycles. The van der Waals surface area contributed by atoms with Gasteiger partial charge in [-0.25, -0.2) is 4.98 Å². The Hall–Kier alpha value is -0.700. The molecule has 1 rings (SSSR count). The van der Waals surface area contributed by atoms with Crippen molar-refractivity contribution in [3.8, 4) is 0 Å². The van der Waals surface area contributed by atoms with Gasteiger partial charge in [0.25, 0.3) is 0 Å². The SMILES string of the molecule is CCCCCCC(=O)c1cscn1. The van der Waals surface area contributed by atoms with Gasteiger partial charge in [0, 0.05) is 11.8 Å². The number of carbonyl (C=O) groups is 1. The van der Waals surface area contributed by atoms with Crippen LogP contribution in [0.1, 0.15) is 49.5 Å². The Kier molecular flexibility index (Phi) is 4.68. The summed E-state index contributed by atoms with van der Waals surface area (Å²) in [5.41, 5.74) is 2.35. The Labute approximate surface area is 83.0 Å². The first-order chi connectivity index (χ1) is 6.34. The number of hydrogen-bond acceptors (Lipinski definition) is 3. The van der Waals surface area contributed by atoms with Gasteiger partial charge in [-0.1, -0.05) is 26.2 Å². The molecule has 2 nitrogen and oxygen atoms in total. The van der Waals surface area contributed by atoms with E-state index in [9.17, 15) is 4.79 Å². The second-order valence-corrected chi connectivity index (χ2v) is 3.83. The normalized spacial score (nSPS) is 10.2. The maximum absolute atomic E-state index is 11.4. The topological polar surface area (TPSA) is 30.0 Å². The molecule has 0 unspecified atom stereocenters. The van der Waals surface area contributed by atoms with Crippen molar-refractivity contribution in [2.24, 2.45) is 0 Å². The van der Waals surface area contributed by atoms with Crippen molar-refractivity contribution in [2.45, 2.75) is 39.0 Å². The number of aromatic nitrogens is 1. The summed E-state index contributed by atoms with van der Waals surface area (Å²) in [5.74, 6) is 0.192. The largest absolute Gasteiger partial charge is 0.292 e. The van der Waals surface area contributed by atoms with E-state index in [1.54, 1.807) is 5.51 Å². The maximum atomic E-state index is 11.4. The van der Waals surface area contributed by atoms with Crippen molar-refractivity contribution in [3.63, 3.8) is 0 Å². The van der Waals surface area contributed by atoms with Crippen molar-refractivity contribution >= 4 is 17.1 Å². The second-order valence-electron chi connectivity index (χ2n) is 3.11. The average molecular weight is 197 g/mol. The van der Waals surface area contributed by atoms with Gasteiger partial charge < -0.3 is 0 Å². The summed E-state index contributed by atoms with van der Waals surface area (Å²) < 4.78 is 0. The zero-order valence-corrected chi connectivity index (χ0v) is 8.77. The summed E-state index contributed by atoms with van der Waals surface area (Å²) in [7, 11) is 0. The van der Waals surface area contributed by atoms with Gasteiger partial charge in [0.05, 0.1) is 5.51 Å². The van der Waals surface area contributed by atoms with E-state index in [-0.39, 0.29) is 5.78 Å². The number of carbonyl (C=O) groups excluding carboxylic acids is 1. The lowest BCUT2D eigenvalue weighted by atomic mass is 10.1. The van der Waals surface area contributed by atoms with Crippen LogP contribution in [0.3, 0.4) is 0 Å². The Morgan fingerprint density at radius 1 is 1.46 bits per heavy atom. The van der Waals surface area contributed by atoms with Gasteiger partial charge in [-0.3, -0.25) is 4.79 Å². The van der Waals surface area contributed by atoms with Gasteiger partial charge in [0.1, 0.15) is 5.69 Å². The third-order valence-corrected chi connectivity index (χ3v) is 2.56. The molecule has 1 heterocycles. The van der Waals surface area contributed by atoms with Gasteiger partial charge in [-0.05, 0) is 6.42 Å². The minimum Gasteiger partial charge on any atom is -0.292 e. The molecule has 0 saturated heterocycles. The fourth-order valence-corrected chi connectivity index (χ4v) is 1.75. The van der Waals surface area contributed by atoms with Crippen LogP contribution in [0.4, 0.5) is 0 Å². The number of Topliss-reactive ketones (excluding diaryl/α,β-unsaturated/α-hetero) is 1. The molecule has 1 aromatic rings. The molecule has 0 N–H and O–H groups in total. The summed E-state index contributed by atoms with van der Waals surface area (Å²) in [6.07, 6.45) is 5.26. The highest BCUT2D eigenvalue weighted by Crippen LogP contribution is 2.09. The molecule has 0 aliphatic carbocycles. The van der Waals surface area contributed by atoms with Gasteiger partial charge >= 0.3 is 0 Å². The second kappa shape index (κ2) is 5.86. The zero-order chi connectivity index (χ0) is 9.52. The molecule has 0 aliphatic heterocycles. The molecular weight excluding hydrogens is 182 g/mol. The molecule has 0 amide bonds. The first kappa shape index (κ1) is 10.4. The summed E-state index contributed by atoms with van der Waals surface area (Å²) in [4.78, 5) is 15.4. The molecule has 0 saturated carbocycles. The van der Waals surface area contributed by atoms with Crippen molar-refractivity contribution in [2.75, 3.05) is 0 Å². The number of ketones is 1. The van der Waals surface area contributed by atoms with Crippen LogP contribution in [-0.2, 0) is 0 Å². The van der Waals surface area contributed by atoms with Gasteiger partial charge in [-0.2, -0.15) is 0 Å². The molecule has 3 heteroatoms. The first-order valence-corrected chi connectivity index (χ1v) is 5.70. The van der Waals surface area contributed by atoms with Gasteiger partial charge in [0.2, 0.25) is 0 Å². The van der Waals surface area contributed by atoms with Crippen LogP contribution in [0.5, 0.6) is 0 Å². The van der Waals surface area contributed by atoms with E-state index in [1.165, 1.54) is 24.2 Å². The summed E-state index contributed by atoms with van der Waals surface area (Å²) in [6.45, 7) is 2.17. The Balaban J connectivity index is 2.19. The van der Waals surface area contributed by atoms with Crippen molar-refractivity contribution in [1.29, 1.82) is 0 Å². The molecule has 0 bridgehead atoms. The fourth-order valence-electron chi connectivity index (χ4n) is 1.19. The molecule has 0 spiro atoms. The monoisotopic (exact) mass is 197 g/mol. The number of thiazole rings is 1. The molecule has 0 atom stereocenters. The van der Waals surface area contributed by atoms with Crippen LogP contribution in [0.15, 0.2) is 10.9 Å². The lowest BCUT2D eigenvalue weighted by molar-refractivity contribution is 0.0975. The number of unbranched alkanes of at least 4 members (excludes halogenated alkanes) is 3. The van der Waals surface area contributed by atoms with Crippen LogP contribution in [0, 0.1) is 0 Å². The molecule has 0 fully saturated rings. The van der Waals surface area contributed by atoms with Gasteiger partial charge in [0.15, 0.2) is 5.78 Å². The minimum atomic E-state index is 0.192. The van der Waals surface area contributed by atoms with E-state index in [0.29, 0.717) is 12.1 Å². The maximum Gasteiger partial charge on any atom is 0.182 e. The zero-order valence-electron chi connectivity index (χ0n) is 7.95. The minimum absolute atomic E-state index is 0.192. The molecule has 72 valence electrons. The summed E-state index contributed by atoms with van der Waals surface area (Å²) in [6, 6.07) is 0. The molecule has 0 radical (unpaired) electrons. The van der Waals surface area contributed by atoms with Crippen molar-refractivity contribution in [3.05, 3.63) is 16.6 Å². The third kappa shape index (κ3) is 3.68. The Bertz CT molecular complexity index is 243. The van der Waals surface area contributed by atoms with Crippen LogP contribution in [-0.4, -0.2) is 10.8 Å². The van der Waals surface area contributed by atoms with E-state index in [4.69, 9.17) is 0 Å². The summed E-state index contributed by atoms with van der Waals surface area (Å²) in [5, 5.41) is 1.82. The molecule has 1 aromatic heterocycles. The van der Waals surface area contributed by atoms with Crippen molar-refractivity contribution < 1.29 is 4.79 Å². The average Bonchev–Trinajstić information content (AvgIpc) is 2.65. The van der Waals surface area contributed by atoms with E-state index >= 15 is 0 Å². The lowest BCUT2D eigenvalue weighted by Gasteiger charge is -1.96. The predicted octanol–water partition coefficient (Wildman–Crippen LogP) is 3.30. The number of hydrogen-bond donors (Lipinski definition) is 0. The molecular formula is C10H15NOS. The third-order valence-electron chi connectivity index (χ3n) is 1.98. The van der Waals surface area contributed by atoms with Gasteiger partial charge in [-0.15, -0.1) is 11.3 Å². The van der Waals surface area contributed by atoms with E-state index < -0.39 is 0 Å². The Morgan fingerprint density at radius 3 is 2.92 bits per heavy atom. The first-order valence-electron chi connectivity index (χ1n) is 4.76. The smallest absolute Gasteiger partial charge is 0.182 e. The molecule has 0 aliphatic rings. The fraction of sp³-hybridized carbons (Fsp3) is 0.600. The predicted molar refractivity (Wildman–Crippen MR) is 55.2 cm³/mol. The van der Waals surface area contributed by atoms with Crippen LogP contribution in [0.25, 0.3) is 0 Å². The van der Waals surface area contributed by atoms with E-state index in [1.807, 2.05) is 5.38 Å². The van der Waals surface area contributed by atoms with E-state index in [0.717, 1.165) is 12.8 Å². The highest BCUT2D eigenvalue weighted by Gasteiger charge is 2.06. The standard InChI is InChI=1S/C10H15NOS/c1-2-3-4-5-6-10(12)9-7-13-8-11-9/h7-8H,2-6H2,1H3. The molecule has 13 heavy (non-hydrogen) atoms. The van der Waals surface area contributed by atoms with Crippen LogP contribution >= 0.6 is 11.3 Å². The summed E-state index contributed by atoms with van der Waals surface area (Å²) >= 11 is 1.48. The quantitative estimate of drug-likeness (QED) is 0.517. The van der Waals surface area contributed by atoms with Crippen molar-refractivity contribution in [1.82, 2.24) is 4.98 Å².